The lowest BCUT2D eigenvalue weighted by Gasteiger charge is -2.17. The lowest BCUT2D eigenvalue weighted by Crippen LogP contribution is -2.24. The standard InChI is InChI=1S/C16H15BrCl2N2O4S/c1-21(2)16(22)11-5-4-9(18)7-13(11)20-26(23,24)14-8-10(19)6-12(17)15(14)25-3/h4-8,20H,1-3H3. The molecule has 26 heavy (non-hydrogen) atoms. The van der Waals surface area contributed by atoms with Gasteiger partial charge in [0.25, 0.3) is 15.9 Å². The summed E-state index contributed by atoms with van der Waals surface area (Å²) < 4.78 is 33.7. The molecule has 0 bridgehead atoms. The molecule has 10 heteroatoms. The molecule has 0 unspecified atom stereocenters. The number of anilines is 1. The van der Waals surface area contributed by atoms with E-state index in [2.05, 4.69) is 20.7 Å². The van der Waals surface area contributed by atoms with Crippen molar-refractivity contribution in [3.63, 3.8) is 0 Å². The van der Waals surface area contributed by atoms with Gasteiger partial charge >= 0.3 is 0 Å². The van der Waals surface area contributed by atoms with E-state index < -0.39 is 10.0 Å². The first-order valence-corrected chi connectivity index (χ1v) is 10.2. The SMILES string of the molecule is COc1c(Br)cc(Cl)cc1S(=O)(=O)Nc1cc(Cl)ccc1C(=O)N(C)C. The number of hydrogen-bond donors (Lipinski definition) is 1. The van der Waals surface area contributed by atoms with E-state index >= 15 is 0 Å². The van der Waals surface area contributed by atoms with Crippen molar-refractivity contribution in [1.29, 1.82) is 0 Å². The Balaban J connectivity index is 2.59. The third-order valence-electron chi connectivity index (χ3n) is 3.33. The maximum Gasteiger partial charge on any atom is 0.265 e. The molecule has 2 aromatic rings. The predicted molar refractivity (Wildman–Crippen MR) is 106 cm³/mol. The Hall–Kier alpha value is -1.48. The summed E-state index contributed by atoms with van der Waals surface area (Å²) >= 11 is 15.2. The molecule has 0 radical (unpaired) electrons. The van der Waals surface area contributed by atoms with Gasteiger partial charge in [0, 0.05) is 24.1 Å². The molecule has 0 aliphatic heterocycles. The summed E-state index contributed by atoms with van der Waals surface area (Å²) in [6, 6.07) is 7.09. The lowest BCUT2D eigenvalue weighted by molar-refractivity contribution is 0.0828. The summed E-state index contributed by atoms with van der Waals surface area (Å²) in [6.45, 7) is 0. The van der Waals surface area contributed by atoms with Gasteiger partial charge in [-0.25, -0.2) is 8.42 Å². The highest BCUT2D eigenvalue weighted by atomic mass is 79.9. The highest BCUT2D eigenvalue weighted by Crippen LogP contribution is 2.36. The number of carbonyl (C=O) groups excluding carboxylic acids is 1. The summed E-state index contributed by atoms with van der Waals surface area (Å²) in [5, 5.41) is 0.478. The average Bonchev–Trinajstić information content (AvgIpc) is 2.53. The van der Waals surface area contributed by atoms with Gasteiger partial charge in [-0.05, 0) is 46.3 Å². The fourth-order valence-electron chi connectivity index (χ4n) is 2.16. The van der Waals surface area contributed by atoms with Crippen LogP contribution in [0.2, 0.25) is 10.0 Å². The third-order valence-corrected chi connectivity index (χ3v) is 5.74. The van der Waals surface area contributed by atoms with Gasteiger partial charge in [0.2, 0.25) is 0 Å². The van der Waals surface area contributed by atoms with E-state index in [0.29, 0.717) is 4.47 Å². The summed E-state index contributed by atoms with van der Waals surface area (Å²) in [4.78, 5) is 13.5. The fourth-order valence-corrected chi connectivity index (χ4v) is 4.79. The van der Waals surface area contributed by atoms with Crippen molar-refractivity contribution in [3.8, 4) is 5.75 Å². The second kappa shape index (κ2) is 8.04. The first-order chi connectivity index (χ1) is 12.1. The molecule has 0 aliphatic rings. The van der Waals surface area contributed by atoms with Crippen LogP contribution < -0.4 is 9.46 Å². The Labute approximate surface area is 170 Å². The van der Waals surface area contributed by atoms with Crippen LogP contribution in [-0.2, 0) is 10.0 Å². The first-order valence-electron chi connectivity index (χ1n) is 7.14. The minimum Gasteiger partial charge on any atom is -0.494 e. The van der Waals surface area contributed by atoms with Crippen LogP contribution in [0.5, 0.6) is 5.75 Å². The van der Waals surface area contributed by atoms with Crippen LogP contribution >= 0.6 is 39.1 Å². The van der Waals surface area contributed by atoms with Crippen LogP contribution in [0.4, 0.5) is 5.69 Å². The Morgan fingerprint density at radius 3 is 2.38 bits per heavy atom. The van der Waals surface area contributed by atoms with Crippen molar-refractivity contribution < 1.29 is 17.9 Å². The molecule has 1 N–H and O–H groups in total. The van der Waals surface area contributed by atoms with E-state index in [-0.39, 0.29) is 37.8 Å². The lowest BCUT2D eigenvalue weighted by atomic mass is 10.1. The van der Waals surface area contributed by atoms with Gasteiger partial charge < -0.3 is 9.64 Å². The van der Waals surface area contributed by atoms with Gasteiger partial charge in [-0.2, -0.15) is 0 Å². The summed E-state index contributed by atoms with van der Waals surface area (Å²) in [5.41, 5.74) is 0.206. The molecular formula is C16H15BrCl2N2O4S. The Morgan fingerprint density at radius 2 is 1.81 bits per heavy atom. The Morgan fingerprint density at radius 1 is 1.15 bits per heavy atom. The zero-order valence-electron chi connectivity index (χ0n) is 14.0. The number of hydrogen-bond acceptors (Lipinski definition) is 4. The van der Waals surface area contributed by atoms with Crippen LogP contribution in [0.1, 0.15) is 10.4 Å². The average molecular weight is 482 g/mol. The number of nitrogens with one attached hydrogen (secondary N) is 1. The number of ether oxygens (including phenoxy) is 1. The molecule has 2 rings (SSSR count). The molecule has 0 spiro atoms. The van der Waals surface area contributed by atoms with E-state index in [1.807, 2.05) is 0 Å². The molecule has 1 amide bonds. The molecule has 0 aromatic heterocycles. The summed E-state index contributed by atoms with van der Waals surface area (Å²) in [5.74, 6) is -0.289. The molecule has 140 valence electrons. The van der Waals surface area contributed by atoms with Crippen molar-refractivity contribution in [2.45, 2.75) is 4.90 Å². The molecule has 0 fully saturated rings. The van der Waals surface area contributed by atoms with Gasteiger partial charge in [0.15, 0.2) is 5.75 Å². The van der Waals surface area contributed by atoms with Gasteiger partial charge in [-0.1, -0.05) is 23.2 Å². The van der Waals surface area contributed by atoms with Crippen LogP contribution in [-0.4, -0.2) is 40.4 Å². The number of methoxy groups -OCH3 is 1. The van der Waals surface area contributed by atoms with Gasteiger partial charge in [-0.3, -0.25) is 9.52 Å². The normalized spacial score (nSPS) is 11.2. The summed E-state index contributed by atoms with van der Waals surface area (Å²) in [7, 11) is 0.346. The van der Waals surface area contributed by atoms with Crippen LogP contribution in [0, 0.1) is 0 Å². The van der Waals surface area contributed by atoms with Crippen molar-refractivity contribution >= 4 is 60.7 Å². The van der Waals surface area contributed by atoms with Gasteiger partial charge in [-0.15, -0.1) is 0 Å². The smallest absolute Gasteiger partial charge is 0.265 e. The second-order valence-electron chi connectivity index (χ2n) is 5.41. The number of rotatable bonds is 5. The van der Waals surface area contributed by atoms with Crippen molar-refractivity contribution in [2.24, 2.45) is 0 Å². The molecule has 6 nitrogen and oxygen atoms in total. The van der Waals surface area contributed by atoms with E-state index in [0.717, 1.165) is 0 Å². The maximum atomic E-state index is 12.9. The second-order valence-corrected chi connectivity index (χ2v) is 8.79. The number of amides is 1. The largest absolute Gasteiger partial charge is 0.494 e. The van der Waals surface area contributed by atoms with E-state index in [1.54, 1.807) is 14.1 Å². The minimum absolute atomic E-state index is 0.0503. The van der Waals surface area contributed by atoms with Gasteiger partial charge in [0.05, 0.1) is 22.8 Å². The molecular weight excluding hydrogens is 467 g/mol. The fraction of sp³-hybridized carbons (Fsp3) is 0.188. The van der Waals surface area contributed by atoms with E-state index in [9.17, 15) is 13.2 Å². The van der Waals surface area contributed by atoms with E-state index in [1.165, 1.54) is 42.3 Å². The van der Waals surface area contributed by atoms with Crippen LogP contribution in [0.25, 0.3) is 0 Å². The molecule has 0 atom stereocenters. The third kappa shape index (κ3) is 4.43. The van der Waals surface area contributed by atoms with Crippen molar-refractivity contribution in [1.82, 2.24) is 4.90 Å². The number of halogens is 3. The molecule has 0 saturated heterocycles. The highest BCUT2D eigenvalue weighted by molar-refractivity contribution is 9.10. The Bertz CT molecular complexity index is 965. The molecule has 2 aromatic carbocycles. The number of benzene rings is 2. The minimum atomic E-state index is -4.12. The maximum absolute atomic E-state index is 12.9. The van der Waals surface area contributed by atoms with Crippen LogP contribution in [0.15, 0.2) is 39.7 Å². The first kappa shape index (κ1) is 20.8. The van der Waals surface area contributed by atoms with E-state index in [4.69, 9.17) is 27.9 Å². The quantitative estimate of drug-likeness (QED) is 0.691. The van der Waals surface area contributed by atoms with Crippen molar-refractivity contribution in [3.05, 3.63) is 50.4 Å². The predicted octanol–water partition coefficient (Wildman–Crippen LogP) is 4.27. The zero-order chi connectivity index (χ0) is 19.6. The molecule has 0 heterocycles. The Kier molecular flexibility index (Phi) is 6.44. The topological polar surface area (TPSA) is 75.7 Å². The monoisotopic (exact) mass is 480 g/mol. The summed E-state index contributed by atoms with van der Waals surface area (Å²) in [6.07, 6.45) is 0. The number of sulfonamides is 1. The van der Waals surface area contributed by atoms with Gasteiger partial charge in [0.1, 0.15) is 4.90 Å². The molecule has 0 aliphatic carbocycles. The number of carbonyl (C=O) groups is 1. The van der Waals surface area contributed by atoms with Crippen molar-refractivity contribution in [2.75, 3.05) is 25.9 Å². The van der Waals surface area contributed by atoms with Crippen LogP contribution in [0.3, 0.4) is 0 Å². The molecule has 0 saturated carbocycles. The zero-order valence-corrected chi connectivity index (χ0v) is 17.9. The highest BCUT2D eigenvalue weighted by Gasteiger charge is 2.25. The number of nitrogens with zero attached hydrogens (tertiary/aromatic N) is 1.